The van der Waals surface area contributed by atoms with Crippen LogP contribution in [0.15, 0.2) is 29.2 Å². The minimum absolute atomic E-state index is 0.0611. The van der Waals surface area contributed by atoms with Gasteiger partial charge in [-0.2, -0.15) is 4.31 Å². The maximum atomic E-state index is 13.8. The number of hydrogen-bond acceptors (Lipinski definition) is 4. The number of methoxy groups -OCH3 is 1. The van der Waals surface area contributed by atoms with Gasteiger partial charge in [0.25, 0.3) is 0 Å². The van der Waals surface area contributed by atoms with Gasteiger partial charge >= 0.3 is 0 Å². The highest BCUT2D eigenvalue weighted by Gasteiger charge is 2.33. The molecule has 1 fully saturated rings. The van der Waals surface area contributed by atoms with Crippen molar-refractivity contribution in [3.05, 3.63) is 30.1 Å². The second kappa shape index (κ2) is 8.55. The zero-order chi connectivity index (χ0) is 17.6. The van der Waals surface area contributed by atoms with Gasteiger partial charge in [-0.1, -0.05) is 12.1 Å². The zero-order valence-electron chi connectivity index (χ0n) is 13.7. The Labute approximate surface area is 142 Å². The Morgan fingerprint density at radius 1 is 1.33 bits per heavy atom. The lowest BCUT2D eigenvalue weighted by Crippen LogP contribution is -2.43. The van der Waals surface area contributed by atoms with Crippen LogP contribution in [0.4, 0.5) is 4.39 Å². The normalized spacial score (nSPS) is 16.9. The molecule has 0 bridgehead atoms. The van der Waals surface area contributed by atoms with Crippen molar-refractivity contribution in [3.8, 4) is 0 Å². The fourth-order valence-corrected chi connectivity index (χ4v) is 4.26. The second-order valence-corrected chi connectivity index (χ2v) is 7.65. The molecule has 1 aliphatic rings. The van der Waals surface area contributed by atoms with Gasteiger partial charge in [0.05, 0.1) is 0 Å². The summed E-state index contributed by atoms with van der Waals surface area (Å²) in [5, 5.41) is 2.83. The number of carbonyl (C=O) groups is 1. The van der Waals surface area contributed by atoms with Crippen molar-refractivity contribution in [1.29, 1.82) is 0 Å². The Hall–Kier alpha value is -1.51. The molecular weight excluding hydrogens is 335 g/mol. The van der Waals surface area contributed by atoms with Crippen LogP contribution in [0.2, 0.25) is 0 Å². The first-order chi connectivity index (χ1) is 11.5. The highest BCUT2D eigenvalue weighted by molar-refractivity contribution is 7.89. The summed E-state index contributed by atoms with van der Waals surface area (Å²) in [6.07, 6.45) is 1.61. The average molecular weight is 358 g/mol. The van der Waals surface area contributed by atoms with Crippen molar-refractivity contribution in [2.75, 3.05) is 33.4 Å². The maximum absolute atomic E-state index is 13.8. The van der Waals surface area contributed by atoms with E-state index in [0.29, 0.717) is 26.0 Å². The molecule has 8 heteroatoms. The Kier molecular flexibility index (Phi) is 6.70. The first-order valence-electron chi connectivity index (χ1n) is 7.98. The maximum Gasteiger partial charge on any atom is 0.245 e. The minimum Gasteiger partial charge on any atom is -0.385 e. The predicted octanol–water partition coefficient (Wildman–Crippen LogP) is 1.38. The van der Waals surface area contributed by atoms with Crippen molar-refractivity contribution in [3.63, 3.8) is 0 Å². The van der Waals surface area contributed by atoms with Crippen LogP contribution in [0.3, 0.4) is 0 Å². The van der Waals surface area contributed by atoms with Crippen LogP contribution in [0.5, 0.6) is 0 Å². The number of sulfonamides is 1. The van der Waals surface area contributed by atoms with Gasteiger partial charge in [0, 0.05) is 39.3 Å². The first-order valence-corrected chi connectivity index (χ1v) is 9.42. The van der Waals surface area contributed by atoms with Gasteiger partial charge in [0.1, 0.15) is 10.7 Å². The molecule has 0 unspecified atom stereocenters. The zero-order valence-corrected chi connectivity index (χ0v) is 14.5. The fraction of sp³-hybridized carbons (Fsp3) is 0.562. The molecular formula is C16H23FN2O4S. The quantitative estimate of drug-likeness (QED) is 0.747. The number of benzene rings is 1. The number of carbonyl (C=O) groups excluding carboxylic acids is 1. The lowest BCUT2D eigenvalue weighted by atomic mass is 9.97. The van der Waals surface area contributed by atoms with E-state index in [2.05, 4.69) is 5.32 Å². The topological polar surface area (TPSA) is 75.7 Å². The van der Waals surface area contributed by atoms with E-state index in [4.69, 9.17) is 4.74 Å². The van der Waals surface area contributed by atoms with Crippen LogP contribution in [0.1, 0.15) is 19.3 Å². The molecule has 1 N–H and O–H groups in total. The molecule has 0 spiro atoms. The molecule has 0 aliphatic carbocycles. The third-order valence-corrected chi connectivity index (χ3v) is 6.04. The molecule has 0 saturated carbocycles. The summed E-state index contributed by atoms with van der Waals surface area (Å²) < 4.78 is 44.9. The summed E-state index contributed by atoms with van der Waals surface area (Å²) in [5.74, 6) is -1.02. The van der Waals surface area contributed by atoms with E-state index >= 15 is 0 Å². The van der Waals surface area contributed by atoms with Crippen molar-refractivity contribution in [1.82, 2.24) is 9.62 Å². The van der Waals surface area contributed by atoms with Gasteiger partial charge in [-0.25, -0.2) is 12.8 Å². The van der Waals surface area contributed by atoms with Crippen molar-refractivity contribution in [2.45, 2.75) is 24.2 Å². The average Bonchev–Trinajstić information content (AvgIpc) is 2.59. The fourth-order valence-electron chi connectivity index (χ4n) is 2.72. The number of piperidine rings is 1. The molecule has 1 saturated heterocycles. The number of halogens is 1. The van der Waals surface area contributed by atoms with Gasteiger partial charge in [-0.15, -0.1) is 0 Å². The Balaban J connectivity index is 1.90. The molecule has 24 heavy (non-hydrogen) atoms. The molecule has 1 aromatic carbocycles. The summed E-state index contributed by atoms with van der Waals surface area (Å²) in [6, 6.07) is 5.34. The second-order valence-electron chi connectivity index (χ2n) is 5.75. The number of rotatable bonds is 7. The van der Waals surface area contributed by atoms with E-state index in [1.54, 1.807) is 7.11 Å². The lowest BCUT2D eigenvalue weighted by molar-refractivity contribution is -0.126. The van der Waals surface area contributed by atoms with E-state index in [0.717, 1.165) is 12.5 Å². The summed E-state index contributed by atoms with van der Waals surface area (Å²) in [6.45, 7) is 1.56. The molecule has 2 rings (SSSR count). The van der Waals surface area contributed by atoms with E-state index in [-0.39, 0.29) is 29.8 Å². The number of hydrogen-bond donors (Lipinski definition) is 1. The molecule has 1 heterocycles. The van der Waals surface area contributed by atoms with Crippen LogP contribution >= 0.6 is 0 Å². The van der Waals surface area contributed by atoms with E-state index < -0.39 is 15.8 Å². The Morgan fingerprint density at radius 3 is 2.62 bits per heavy atom. The highest BCUT2D eigenvalue weighted by Crippen LogP contribution is 2.25. The first kappa shape index (κ1) is 18.8. The summed E-state index contributed by atoms with van der Waals surface area (Å²) in [5.41, 5.74) is 0. The van der Waals surface area contributed by atoms with Crippen molar-refractivity contribution >= 4 is 15.9 Å². The van der Waals surface area contributed by atoms with Crippen molar-refractivity contribution in [2.24, 2.45) is 5.92 Å². The van der Waals surface area contributed by atoms with Gasteiger partial charge in [0.15, 0.2) is 0 Å². The largest absolute Gasteiger partial charge is 0.385 e. The van der Waals surface area contributed by atoms with Crippen molar-refractivity contribution < 1.29 is 22.3 Å². The van der Waals surface area contributed by atoms with Gasteiger partial charge in [-0.3, -0.25) is 4.79 Å². The van der Waals surface area contributed by atoms with Gasteiger partial charge < -0.3 is 10.1 Å². The summed E-state index contributed by atoms with van der Waals surface area (Å²) in [4.78, 5) is 11.7. The van der Waals surface area contributed by atoms with Crippen LogP contribution < -0.4 is 5.32 Å². The summed E-state index contributed by atoms with van der Waals surface area (Å²) in [7, 11) is -2.25. The van der Waals surface area contributed by atoms with E-state index in [9.17, 15) is 17.6 Å². The molecule has 1 amide bonds. The Morgan fingerprint density at radius 2 is 2.00 bits per heavy atom. The monoisotopic (exact) mass is 358 g/mol. The SMILES string of the molecule is COCCCNC(=O)C1CCN(S(=O)(=O)c2ccccc2F)CC1. The lowest BCUT2D eigenvalue weighted by Gasteiger charge is -2.30. The van der Waals surface area contributed by atoms with Gasteiger partial charge in [0.2, 0.25) is 15.9 Å². The van der Waals surface area contributed by atoms with Crippen LogP contribution in [0.25, 0.3) is 0 Å². The van der Waals surface area contributed by atoms with Crippen LogP contribution in [-0.2, 0) is 19.6 Å². The molecule has 0 atom stereocenters. The molecule has 0 radical (unpaired) electrons. The van der Waals surface area contributed by atoms with Crippen LogP contribution in [-0.4, -0.2) is 52.0 Å². The number of nitrogens with one attached hydrogen (secondary N) is 1. The number of amides is 1. The third-order valence-electron chi connectivity index (χ3n) is 4.10. The molecule has 1 aromatic rings. The van der Waals surface area contributed by atoms with Crippen LogP contribution in [0, 0.1) is 11.7 Å². The number of ether oxygens (including phenoxy) is 1. The third kappa shape index (κ3) is 4.52. The standard InChI is InChI=1S/C16H23FN2O4S/c1-23-12-4-9-18-16(20)13-7-10-19(11-8-13)24(21,22)15-6-3-2-5-14(15)17/h2-3,5-6,13H,4,7-12H2,1H3,(H,18,20). The molecule has 134 valence electrons. The van der Waals surface area contributed by atoms with Gasteiger partial charge in [-0.05, 0) is 31.4 Å². The highest BCUT2D eigenvalue weighted by atomic mass is 32.2. The van der Waals surface area contributed by atoms with E-state index in [1.807, 2.05) is 0 Å². The minimum atomic E-state index is -3.86. The van der Waals surface area contributed by atoms with E-state index in [1.165, 1.54) is 22.5 Å². The Bertz CT molecular complexity index is 658. The number of nitrogens with zero attached hydrogens (tertiary/aromatic N) is 1. The molecule has 1 aliphatic heterocycles. The molecule has 6 nitrogen and oxygen atoms in total. The molecule has 0 aromatic heterocycles. The predicted molar refractivity (Wildman–Crippen MR) is 87.4 cm³/mol. The summed E-state index contributed by atoms with van der Waals surface area (Å²) >= 11 is 0. The smallest absolute Gasteiger partial charge is 0.245 e.